The van der Waals surface area contributed by atoms with Gasteiger partial charge in [-0.3, -0.25) is 0 Å². The molecule has 0 aliphatic heterocycles. The van der Waals surface area contributed by atoms with Crippen LogP contribution in [0.5, 0.6) is 0 Å². The quantitative estimate of drug-likeness (QED) is 0.833. The molecule has 4 heteroatoms. The molecule has 0 aliphatic rings. The first-order valence-electron chi connectivity index (χ1n) is 5.78. The van der Waals surface area contributed by atoms with E-state index in [-0.39, 0.29) is 5.56 Å². The van der Waals surface area contributed by atoms with E-state index in [4.69, 9.17) is 0 Å². The molecule has 0 saturated carbocycles. The Morgan fingerprint density at radius 2 is 1.50 bits per heavy atom. The lowest BCUT2D eigenvalue weighted by Crippen LogP contribution is -2.00. The summed E-state index contributed by atoms with van der Waals surface area (Å²) in [6, 6.07) is 2.74. The minimum atomic E-state index is -0.505. The van der Waals surface area contributed by atoms with Gasteiger partial charge in [0.2, 0.25) is 0 Å². The van der Waals surface area contributed by atoms with Gasteiger partial charge in [0, 0.05) is 24.4 Å². The third kappa shape index (κ3) is 2.88. The van der Waals surface area contributed by atoms with E-state index in [2.05, 4.69) is 9.97 Å². The highest BCUT2D eigenvalue weighted by molar-refractivity contribution is 5.25. The van der Waals surface area contributed by atoms with E-state index < -0.39 is 11.6 Å². The van der Waals surface area contributed by atoms with Crippen LogP contribution in [0.2, 0.25) is 0 Å². The highest BCUT2D eigenvalue weighted by atomic mass is 19.1. The smallest absolute Gasteiger partial charge is 0.129 e. The summed E-state index contributed by atoms with van der Waals surface area (Å²) >= 11 is 0. The van der Waals surface area contributed by atoms with E-state index in [9.17, 15) is 8.78 Å². The van der Waals surface area contributed by atoms with Gasteiger partial charge in [-0.1, -0.05) is 0 Å². The Kier molecular flexibility index (Phi) is 3.65. The first kappa shape index (κ1) is 12.6. The molecule has 0 spiro atoms. The third-order valence-electron chi connectivity index (χ3n) is 2.81. The first-order valence-corrected chi connectivity index (χ1v) is 5.78. The number of hydrogen-bond donors (Lipinski definition) is 0. The number of hydrogen-bond acceptors (Lipinski definition) is 2. The summed E-state index contributed by atoms with van der Waals surface area (Å²) in [6.45, 7) is 3.34. The number of aryl methyl sites for hydroxylation is 3. The third-order valence-corrected chi connectivity index (χ3v) is 2.81. The normalized spacial score (nSPS) is 10.7. The van der Waals surface area contributed by atoms with E-state index in [1.54, 1.807) is 12.4 Å². The van der Waals surface area contributed by atoms with Crippen molar-refractivity contribution in [2.75, 3.05) is 0 Å². The lowest BCUT2D eigenvalue weighted by Gasteiger charge is -2.04. The number of nitrogens with zero attached hydrogens (tertiary/aromatic N) is 2. The summed E-state index contributed by atoms with van der Waals surface area (Å²) in [6.07, 6.45) is 4.57. The van der Waals surface area contributed by atoms with Gasteiger partial charge in [0.1, 0.15) is 17.5 Å². The van der Waals surface area contributed by atoms with Gasteiger partial charge in [-0.25, -0.2) is 18.7 Å². The molecule has 1 aromatic heterocycles. The van der Waals surface area contributed by atoms with E-state index in [1.807, 2.05) is 6.92 Å². The SMILES string of the molecule is Cc1cnc(CCc2cc(F)c(C)c(F)c2)nc1. The predicted octanol–water partition coefficient (Wildman–Crippen LogP) is 3.16. The fourth-order valence-electron chi connectivity index (χ4n) is 1.65. The zero-order valence-electron chi connectivity index (χ0n) is 10.4. The summed E-state index contributed by atoms with van der Waals surface area (Å²) in [4.78, 5) is 8.31. The van der Waals surface area contributed by atoms with Crippen molar-refractivity contribution >= 4 is 0 Å². The summed E-state index contributed by atoms with van der Waals surface area (Å²) < 4.78 is 26.7. The Morgan fingerprint density at radius 1 is 0.944 bits per heavy atom. The van der Waals surface area contributed by atoms with Crippen LogP contribution in [0.25, 0.3) is 0 Å². The molecule has 0 unspecified atom stereocenters. The van der Waals surface area contributed by atoms with Crippen molar-refractivity contribution in [2.45, 2.75) is 26.7 Å². The highest BCUT2D eigenvalue weighted by Gasteiger charge is 2.07. The Labute approximate surface area is 105 Å². The van der Waals surface area contributed by atoms with Crippen LogP contribution >= 0.6 is 0 Å². The molecule has 0 amide bonds. The maximum Gasteiger partial charge on any atom is 0.129 e. The molecule has 94 valence electrons. The van der Waals surface area contributed by atoms with Crippen LogP contribution in [0, 0.1) is 25.5 Å². The number of benzene rings is 1. The largest absolute Gasteiger partial charge is 0.241 e. The first-order chi connectivity index (χ1) is 8.56. The van der Waals surface area contributed by atoms with Crippen LogP contribution in [0.1, 0.15) is 22.5 Å². The van der Waals surface area contributed by atoms with Crippen LogP contribution < -0.4 is 0 Å². The van der Waals surface area contributed by atoms with Gasteiger partial charge in [0.25, 0.3) is 0 Å². The fraction of sp³-hybridized carbons (Fsp3) is 0.286. The Balaban J connectivity index is 2.08. The maximum absolute atomic E-state index is 13.3. The van der Waals surface area contributed by atoms with Gasteiger partial charge in [0.15, 0.2) is 0 Å². The van der Waals surface area contributed by atoms with Crippen molar-refractivity contribution in [3.8, 4) is 0 Å². The lowest BCUT2D eigenvalue weighted by atomic mass is 10.1. The second-order valence-electron chi connectivity index (χ2n) is 4.36. The van der Waals surface area contributed by atoms with E-state index in [1.165, 1.54) is 19.1 Å². The molecular formula is C14H14F2N2. The highest BCUT2D eigenvalue weighted by Crippen LogP contribution is 2.15. The van der Waals surface area contributed by atoms with Gasteiger partial charge < -0.3 is 0 Å². The summed E-state index contributed by atoms with van der Waals surface area (Å²) in [7, 11) is 0. The second kappa shape index (κ2) is 5.21. The maximum atomic E-state index is 13.3. The Morgan fingerprint density at radius 3 is 2.06 bits per heavy atom. The molecular weight excluding hydrogens is 234 g/mol. The molecule has 2 aromatic rings. The van der Waals surface area contributed by atoms with E-state index in [0.29, 0.717) is 24.2 Å². The molecule has 0 fully saturated rings. The van der Waals surface area contributed by atoms with Crippen LogP contribution in [-0.4, -0.2) is 9.97 Å². The Hall–Kier alpha value is -1.84. The summed E-state index contributed by atoms with van der Waals surface area (Å²) in [5, 5.41) is 0. The molecule has 0 N–H and O–H groups in total. The van der Waals surface area contributed by atoms with Gasteiger partial charge in [-0.2, -0.15) is 0 Å². The standard InChI is InChI=1S/C14H14F2N2/c1-9-7-17-14(18-8-9)4-3-11-5-12(15)10(2)13(16)6-11/h5-8H,3-4H2,1-2H3. The van der Waals surface area contributed by atoms with Crippen LogP contribution in [0.3, 0.4) is 0 Å². The van der Waals surface area contributed by atoms with Crippen molar-refractivity contribution in [3.05, 3.63) is 58.7 Å². The monoisotopic (exact) mass is 248 g/mol. The van der Waals surface area contributed by atoms with Gasteiger partial charge in [-0.05, 0) is 43.5 Å². The van der Waals surface area contributed by atoms with Crippen molar-refractivity contribution in [2.24, 2.45) is 0 Å². The van der Waals surface area contributed by atoms with Gasteiger partial charge in [0.05, 0.1) is 0 Å². The molecule has 2 rings (SSSR count). The van der Waals surface area contributed by atoms with E-state index in [0.717, 1.165) is 5.56 Å². The number of aromatic nitrogens is 2. The Bertz CT molecular complexity index is 527. The van der Waals surface area contributed by atoms with Crippen molar-refractivity contribution < 1.29 is 8.78 Å². The summed E-state index contributed by atoms with van der Waals surface area (Å²) in [5.74, 6) is -0.327. The van der Waals surface area contributed by atoms with Crippen molar-refractivity contribution in [1.82, 2.24) is 9.97 Å². The fourth-order valence-corrected chi connectivity index (χ4v) is 1.65. The van der Waals surface area contributed by atoms with Crippen LogP contribution in [0.15, 0.2) is 24.5 Å². The second-order valence-corrected chi connectivity index (χ2v) is 4.36. The molecule has 0 bridgehead atoms. The molecule has 0 radical (unpaired) electrons. The molecule has 2 nitrogen and oxygen atoms in total. The van der Waals surface area contributed by atoms with Crippen molar-refractivity contribution in [1.29, 1.82) is 0 Å². The molecule has 0 saturated heterocycles. The number of halogens is 2. The molecule has 1 heterocycles. The number of rotatable bonds is 3. The zero-order valence-corrected chi connectivity index (χ0v) is 10.4. The van der Waals surface area contributed by atoms with Crippen molar-refractivity contribution in [3.63, 3.8) is 0 Å². The molecule has 0 aliphatic carbocycles. The molecule has 0 atom stereocenters. The average Bonchev–Trinajstić information content (AvgIpc) is 2.35. The molecule has 18 heavy (non-hydrogen) atoms. The van der Waals surface area contributed by atoms with Crippen LogP contribution in [-0.2, 0) is 12.8 Å². The molecule has 1 aromatic carbocycles. The van der Waals surface area contributed by atoms with Gasteiger partial charge >= 0.3 is 0 Å². The summed E-state index contributed by atoms with van der Waals surface area (Å²) in [5.41, 5.74) is 1.68. The van der Waals surface area contributed by atoms with Gasteiger partial charge in [-0.15, -0.1) is 0 Å². The average molecular weight is 248 g/mol. The predicted molar refractivity (Wildman–Crippen MR) is 65.3 cm³/mol. The minimum absolute atomic E-state index is 0.0605. The van der Waals surface area contributed by atoms with Crippen LogP contribution in [0.4, 0.5) is 8.78 Å². The minimum Gasteiger partial charge on any atom is -0.241 e. The lowest BCUT2D eigenvalue weighted by molar-refractivity contribution is 0.564. The van der Waals surface area contributed by atoms with E-state index >= 15 is 0 Å². The topological polar surface area (TPSA) is 25.8 Å². The zero-order chi connectivity index (χ0) is 13.1.